The first kappa shape index (κ1) is 29.0. The van der Waals surface area contributed by atoms with Crippen molar-refractivity contribution in [2.75, 3.05) is 22.7 Å². The number of sulfonamides is 1. The third-order valence-corrected chi connectivity index (χ3v) is 8.75. The molecule has 2 heterocycles. The van der Waals surface area contributed by atoms with Gasteiger partial charge in [0.15, 0.2) is 5.82 Å². The van der Waals surface area contributed by atoms with Crippen LogP contribution in [0.4, 0.5) is 20.7 Å². The molecule has 1 amide bonds. The molecular formula is C28H35FN4O4S2. The number of thiazole rings is 1. The molecule has 0 unspecified atom stereocenters. The smallest absolute Gasteiger partial charge is 0.430 e. The monoisotopic (exact) mass is 574 g/mol. The normalized spacial score (nSPS) is 18.2. The molecule has 8 nitrogen and oxygen atoms in total. The first-order valence-corrected chi connectivity index (χ1v) is 15.1. The summed E-state index contributed by atoms with van der Waals surface area (Å²) in [5.74, 6) is -0.217. The minimum atomic E-state index is -4.30. The van der Waals surface area contributed by atoms with Crippen LogP contribution in [-0.4, -0.2) is 48.6 Å². The number of hydrogen-bond acceptors (Lipinski definition) is 8. The Bertz CT molecular complexity index is 1450. The van der Waals surface area contributed by atoms with Gasteiger partial charge in [-0.1, -0.05) is 17.7 Å². The third-order valence-electron chi connectivity index (χ3n) is 6.51. The van der Waals surface area contributed by atoms with Crippen molar-refractivity contribution in [2.45, 2.75) is 70.5 Å². The number of likely N-dealkylation sites (tertiary alicyclic amines) is 1. The second kappa shape index (κ2) is 10.9. The number of aryl methyl sites for hydroxylation is 2. The largest absolute Gasteiger partial charge is 0.443 e. The molecule has 0 radical (unpaired) electrons. The average Bonchev–Trinajstić information content (AvgIpc) is 3.46. The van der Waals surface area contributed by atoms with Gasteiger partial charge in [0.1, 0.15) is 11.4 Å². The summed E-state index contributed by atoms with van der Waals surface area (Å²) in [6, 6.07) is 9.89. The fourth-order valence-corrected chi connectivity index (χ4v) is 6.59. The fourth-order valence-electron chi connectivity index (χ4n) is 4.65. The molecule has 1 aromatic heterocycles. The lowest BCUT2D eigenvalue weighted by Gasteiger charge is -2.29. The summed E-state index contributed by atoms with van der Waals surface area (Å²) in [6.45, 7) is 12.9. The lowest BCUT2D eigenvalue weighted by molar-refractivity contribution is 0.0608. The van der Waals surface area contributed by atoms with Gasteiger partial charge in [-0.25, -0.2) is 22.6 Å². The van der Waals surface area contributed by atoms with Crippen LogP contribution in [0, 0.1) is 19.7 Å². The predicted molar refractivity (Wildman–Crippen MR) is 152 cm³/mol. The molecular weight excluding hydrogens is 539 g/mol. The fraction of sp³-hybridized carbons (Fsp3) is 0.429. The highest BCUT2D eigenvalue weighted by Gasteiger charge is 2.37. The average molecular weight is 575 g/mol. The summed E-state index contributed by atoms with van der Waals surface area (Å²) in [4.78, 5) is 19.2. The number of nitrogens with one attached hydrogen (secondary N) is 1. The van der Waals surface area contributed by atoms with Gasteiger partial charge in [0.25, 0.3) is 10.0 Å². The van der Waals surface area contributed by atoms with E-state index < -0.39 is 21.7 Å². The topological polar surface area (TPSA) is 91.8 Å². The molecule has 1 aliphatic heterocycles. The molecule has 0 aliphatic carbocycles. The number of aromatic nitrogens is 1. The van der Waals surface area contributed by atoms with E-state index in [2.05, 4.69) is 22.1 Å². The molecule has 1 aliphatic rings. The van der Waals surface area contributed by atoms with Gasteiger partial charge < -0.3 is 10.1 Å². The third kappa shape index (κ3) is 6.77. The molecule has 0 spiro atoms. The number of carbonyl (C=O) groups is 1. The Kier molecular flexibility index (Phi) is 8.07. The number of hydrogen-bond donors (Lipinski definition) is 1. The molecule has 2 aromatic carbocycles. The van der Waals surface area contributed by atoms with Gasteiger partial charge in [-0.05, 0) is 77.8 Å². The minimum Gasteiger partial charge on any atom is -0.443 e. The Morgan fingerprint density at radius 1 is 1.23 bits per heavy atom. The quantitative estimate of drug-likeness (QED) is 0.364. The highest BCUT2D eigenvalue weighted by Crippen LogP contribution is 2.32. The molecule has 1 N–H and O–H groups in total. The van der Waals surface area contributed by atoms with E-state index in [0.29, 0.717) is 28.5 Å². The molecule has 1 atom stereocenters. The first-order chi connectivity index (χ1) is 18.2. The molecule has 0 bridgehead atoms. The molecule has 39 heavy (non-hydrogen) atoms. The van der Waals surface area contributed by atoms with Crippen molar-refractivity contribution in [3.05, 3.63) is 69.8 Å². The number of halogens is 1. The summed E-state index contributed by atoms with van der Waals surface area (Å²) in [7, 11) is -4.30. The Morgan fingerprint density at radius 3 is 2.62 bits per heavy atom. The van der Waals surface area contributed by atoms with Crippen LogP contribution in [0.1, 0.15) is 50.8 Å². The molecule has 11 heteroatoms. The van der Waals surface area contributed by atoms with Gasteiger partial charge >= 0.3 is 6.09 Å². The second-order valence-corrected chi connectivity index (χ2v) is 13.8. The van der Waals surface area contributed by atoms with Crippen molar-refractivity contribution < 1.29 is 22.3 Å². The predicted octanol–water partition coefficient (Wildman–Crippen LogP) is 6.11. The van der Waals surface area contributed by atoms with E-state index in [4.69, 9.17) is 4.74 Å². The van der Waals surface area contributed by atoms with E-state index in [0.717, 1.165) is 24.2 Å². The molecule has 3 aromatic rings. The van der Waals surface area contributed by atoms with Gasteiger partial charge in [-0.2, -0.15) is 0 Å². The van der Waals surface area contributed by atoms with Crippen LogP contribution in [0.15, 0.2) is 52.2 Å². The van der Waals surface area contributed by atoms with Gasteiger partial charge in [0.05, 0.1) is 10.4 Å². The maximum Gasteiger partial charge on any atom is 0.430 e. The van der Waals surface area contributed by atoms with E-state index >= 15 is 0 Å². The zero-order valence-corrected chi connectivity index (χ0v) is 24.7. The molecule has 4 rings (SSSR count). The number of rotatable bonds is 7. The Morgan fingerprint density at radius 2 is 1.97 bits per heavy atom. The van der Waals surface area contributed by atoms with Crippen molar-refractivity contribution in [1.29, 1.82) is 0 Å². The van der Waals surface area contributed by atoms with Gasteiger partial charge in [0, 0.05) is 41.8 Å². The summed E-state index contributed by atoms with van der Waals surface area (Å²) in [5.41, 5.74) is 3.49. The van der Waals surface area contributed by atoms with E-state index in [1.54, 1.807) is 39.0 Å². The van der Waals surface area contributed by atoms with Crippen LogP contribution in [0.2, 0.25) is 0 Å². The molecule has 1 fully saturated rings. The second-order valence-electron chi connectivity index (χ2n) is 11.3. The van der Waals surface area contributed by atoms with E-state index in [1.165, 1.54) is 34.4 Å². The maximum atomic E-state index is 14.3. The van der Waals surface area contributed by atoms with Crippen LogP contribution in [0.5, 0.6) is 0 Å². The number of benzene rings is 2. The van der Waals surface area contributed by atoms with E-state index in [-0.39, 0.29) is 22.1 Å². The van der Waals surface area contributed by atoms with Crippen LogP contribution >= 0.6 is 11.3 Å². The number of anilines is 2. The van der Waals surface area contributed by atoms with Crippen LogP contribution in [-0.2, 0) is 21.3 Å². The Balaban J connectivity index is 1.52. The van der Waals surface area contributed by atoms with Crippen LogP contribution < -0.4 is 9.62 Å². The molecule has 210 valence electrons. The summed E-state index contributed by atoms with van der Waals surface area (Å²) < 4.78 is 47.6. The number of carbonyl (C=O) groups excluding carboxylic acids is 1. The SMILES string of the molecule is Cc1ccc(F)c(CN2CC[C@](C)(Nc3ccc(S(=O)(=O)N(C(=O)OC(C)(C)C)c4cscn4)cc3C)C2)c1. The van der Waals surface area contributed by atoms with E-state index in [9.17, 15) is 17.6 Å². The van der Waals surface area contributed by atoms with Crippen molar-refractivity contribution in [3.63, 3.8) is 0 Å². The van der Waals surface area contributed by atoms with Gasteiger partial charge in [-0.3, -0.25) is 4.90 Å². The maximum absolute atomic E-state index is 14.3. The van der Waals surface area contributed by atoms with Crippen molar-refractivity contribution >= 4 is 39.0 Å². The summed E-state index contributed by atoms with van der Waals surface area (Å²) in [5, 5.41) is 5.06. The van der Waals surface area contributed by atoms with Crippen LogP contribution in [0.25, 0.3) is 0 Å². The minimum absolute atomic E-state index is 0.0160. The Labute approximate surface area is 233 Å². The highest BCUT2D eigenvalue weighted by molar-refractivity contribution is 7.93. The number of amides is 1. The number of nitrogens with zero attached hydrogens (tertiary/aromatic N) is 3. The van der Waals surface area contributed by atoms with Crippen molar-refractivity contribution in [1.82, 2.24) is 9.88 Å². The van der Waals surface area contributed by atoms with E-state index in [1.807, 2.05) is 19.9 Å². The van der Waals surface area contributed by atoms with Gasteiger partial charge in [0.2, 0.25) is 0 Å². The molecule has 0 saturated carbocycles. The summed E-state index contributed by atoms with van der Waals surface area (Å²) >= 11 is 1.18. The van der Waals surface area contributed by atoms with Gasteiger partial charge in [-0.15, -0.1) is 15.6 Å². The zero-order chi connectivity index (χ0) is 28.6. The lowest BCUT2D eigenvalue weighted by atomic mass is 10.0. The Hall–Kier alpha value is -3.02. The summed E-state index contributed by atoms with van der Waals surface area (Å²) in [6.07, 6.45) is -0.173. The number of ether oxygens (including phenoxy) is 1. The first-order valence-electron chi connectivity index (χ1n) is 12.7. The zero-order valence-electron chi connectivity index (χ0n) is 23.1. The van der Waals surface area contributed by atoms with Crippen LogP contribution in [0.3, 0.4) is 0 Å². The van der Waals surface area contributed by atoms with Crippen molar-refractivity contribution in [3.8, 4) is 0 Å². The van der Waals surface area contributed by atoms with Crippen molar-refractivity contribution in [2.24, 2.45) is 0 Å². The standard InChI is InChI=1S/C28H35FN4O4S2/c1-19-7-9-23(29)21(13-19)15-32-12-11-28(6,17-32)31-24-10-8-22(14-20(24)2)39(35,36)33(25-16-38-18-30-25)26(34)37-27(3,4)5/h7-10,13-14,16,18,31H,11-12,15,17H2,1-6H3/t28-/m0/s1. The molecule has 1 saturated heterocycles. The highest BCUT2D eigenvalue weighted by atomic mass is 32.2. The lowest BCUT2D eigenvalue weighted by Crippen LogP contribution is -2.41.